The minimum absolute atomic E-state index is 0.0858. The van der Waals surface area contributed by atoms with Crippen molar-refractivity contribution >= 4 is 16.0 Å². The van der Waals surface area contributed by atoms with Crippen LogP contribution in [0.25, 0.3) is 0 Å². The van der Waals surface area contributed by atoms with E-state index in [4.69, 9.17) is 5.26 Å². The number of hydrogen-bond donors (Lipinski definition) is 1. The zero-order valence-electron chi connectivity index (χ0n) is 11.8. The number of benzene rings is 1. The second-order valence-electron chi connectivity index (χ2n) is 4.35. The molecular formula is C13H13F3N2O4S. The van der Waals surface area contributed by atoms with Crippen LogP contribution in [0, 0.1) is 11.3 Å². The van der Waals surface area contributed by atoms with Crippen LogP contribution < -0.4 is 4.72 Å². The molecule has 1 aromatic rings. The SMILES string of the molecule is N#CCOC(=O)CCCNS(=O)(=O)c1cccc(C(F)(F)F)c1. The molecule has 0 spiro atoms. The molecule has 0 radical (unpaired) electrons. The predicted molar refractivity (Wildman–Crippen MR) is 72.4 cm³/mol. The maximum absolute atomic E-state index is 12.6. The lowest BCUT2D eigenvalue weighted by Gasteiger charge is -2.10. The lowest BCUT2D eigenvalue weighted by atomic mass is 10.2. The van der Waals surface area contributed by atoms with Gasteiger partial charge in [-0.15, -0.1) is 0 Å². The molecule has 126 valence electrons. The van der Waals surface area contributed by atoms with Gasteiger partial charge in [0.25, 0.3) is 0 Å². The Bertz CT molecular complexity index is 696. The number of rotatable bonds is 7. The van der Waals surface area contributed by atoms with Gasteiger partial charge >= 0.3 is 12.1 Å². The van der Waals surface area contributed by atoms with E-state index in [1.807, 2.05) is 0 Å². The summed E-state index contributed by atoms with van der Waals surface area (Å²) in [6, 6.07) is 4.94. The summed E-state index contributed by atoms with van der Waals surface area (Å²) in [6.07, 6.45) is -4.68. The van der Waals surface area contributed by atoms with Crippen LogP contribution in [0.5, 0.6) is 0 Å². The fourth-order valence-corrected chi connectivity index (χ4v) is 2.67. The quantitative estimate of drug-likeness (QED) is 0.598. The minimum atomic E-state index is -4.64. The molecule has 1 N–H and O–H groups in total. The summed E-state index contributed by atoms with van der Waals surface area (Å²) in [7, 11) is -4.11. The molecule has 0 unspecified atom stereocenters. The molecule has 0 aliphatic rings. The van der Waals surface area contributed by atoms with Crippen molar-refractivity contribution in [2.24, 2.45) is 0 Å². The Balaban J connectivity index is 2.60. The van der Waals surface area contributed by atoms with Gasteiger partial charge in [0.1, 0.15) is 6.07 Å². The van der Waals surface area contributed by atoms with Crippen LogP contribution in [0.15, 0.2) is 29.2 Å². The van der Waals surface area contributed by atoms with Gasteiger partial charge in [-0.2, -0.15) is 18.4 Å². The highest BCUT2D eigenvalue weighted by molar-refractivity contribution is 7.89. The summed E-state index contributed by atoms with van der Waals surface area (Å²) in [5.74, 6) is -0.662. The van der Waals surface area contributed by atoms with Crippen molar-refractivity contribution in [3.05, 3.63) is 29.8 Å². The first-order chi connectivity index (χ1) is 10.7. The summed E-state index contributed by atoms with van der Waals surface area (Å²) in [4.78, 5) is 10.6. The summed E-state index contributed by atoms with van der Waals surface area (Å²) >= 11 is 0. The van der Waals surface area contributed by atoms with Crippen molar-refractivity contribution < 1.29 is 31.1 Å². The van der Waals surface area contributed by atoms with Gasteiger partial charge < -0.3 is 4.74 Å². The molecular weight excluding hydrogens is 337 g/mol. The summed E-state index contributed by atoms with van der Waals surface area (Å²) < 4.78 is 68.0. The fourth-order valence-electron chi connectivity index (χ4n) is 1.55. The van der Waals surface area contributed by atoms with Crippen molar-refractivity contribution in [1.82, 2.24) is 4.72 Å². The van der Waals surface area contributed by atoms with Gasteiger partial charge in [-0.05, 0) is 24.6 Å². The number of sulfonamides is 1. The van der Waals surface area contributed by atoms with Crippen molar-refractivity contribution in [3.63, 3.8) is 0 Å². The number of nitrogens with one attached hydrogen (secondary N) is 1. The molecule has 0 heterocycles. The van der Waals surface area contributed by atoms with Crippen LogP contribution in [0.1, 0.15) is 18.4 Å². The number of halogens is 3. The van der Waals surface area contributed by atoms with E-state index in [1.165, 1.54) is 0 Å². The van der Waals surface area contributed by atoms with E-state index in [-0.39, 0.29) is 19.4 Å². The third-order valence-corrected chi connectivity index (χ3v) is 4.08. The molecule has 0 aromatic heterocycles. The van der Waals surface area contributed by atoms with E-state index in [2.05, 4.69) is 9.46 Å². The van der Waals surface area contributed by atoms with Crippen LogP contribution in [0.2, 0.25) is 0 Å². The van der Waals surface area contributed by atoms with Crippen LogP contribution in [0.4, 0.5) is 13.2 Å². The molecule has 0 aliphatic heterocycles. The number of carbonyl (C=O) groups is 1. The summed E-state index contributed by atoms with van der Waals surface area (Å²) in [5.41, 5.74) is -1.07. The Kier molecular flexibility index (Phi) is 6.53. The predicted octanol–water partition coefficient (Wildman–Crippen LogP) is 1.83. The number of nitriles is 1. The molecule has 6 nitrogen and oxygen atoms in total. The van der Waals surface area contributed by atoms with Gasteiger partial charge in [0.2, 0.25) is 10.0 Å². The molecule has 0 amide bonds. The van der Waals surface area contributed by atoms with Gasteiger partial charge in [0.05, 0.1) is 10.5 Å². The van der Waals surface area contributed by atoms with Crippen molar-refractivity contribution in [2.75, 3.05) is 13.2 Å². The number of esters is 1. The van der Waals surface area contributed by atoms with E-state index >= 15 is 0 Å². The number of nitrogens with zero attached hydrogens (tertiary/aromatic N) is 1. The molecule has 10 heteroatoms. The zero-order valence-corrected chi connectivity index (χ0v) is 12.6. The van der Waals surface area contributed by atoms with E-state index in [1.54, 1.807) is 6.07 Å². The normalized spacial score (nSPS) is 11.7. The molecule has 0 aliphatic carbocycles. The molecule has 23 heavy (non-hydrogen) atoms. The molecule has 1 aromatic carbocycles. The fraction of sp³-hybridized carbons (Fsp3) is 0.385. The van der Waals surface area contributed by atoms with Crippen LogP contribution in [-0.4, -0.2) is 27.5 Å². The average Bonchev–Trinajstić information content (AvgIpc) is 2.49. The number of alkyl halides is 3. The van der Waals surface area contributed by atoms with E-state index in [0.29, 0.717) is 6.07 Å². The summed E-state index contributed by atoms with van der Waals surface area (Å²) in [5, 5.41) is 8.20. The van der Waals surface area contributed by atoms with Gasteiger partial charge in [-0.3, -0.25) is 4.79 Å². The topological polar surface area (TPSA) is 96.3 Å². The summed E-state index contributed by atoms with van der Waals surface area (Å²) in [6.45, 7) is -0.547. The highest BCUT2D eigenvalue weighted by Gasteiger charge is 2.31. The van der Waals surface area contributed by atoms with Gasteiger partial charge in [0.15, 0.2) is 6.61 Å². The smallest absolute Gasteiger partial charge is 0.416 e. The van der Waals surface area contributed by atoms with Crippen molar-refractivity contribution in [1.29, 1.82) is 5.26 Å². The molecule has 0 bridgehead atoms. The first-order valence-corrected chi connectivity index (χ1v) is 7.84. The highest BCUT2D eigenvalue weighted by atomic mass is 32.2. The largest absolute Gasteiger partial charge is 0.450 e. The Morgan fingerprint density at radius 1 is 1.35 bits per heavy atom. The average molecular weight is 350 g/mol. The second-order valence-corrected chi connectivity index (χ2v) is 6.11. The van der Waals surface area contributed by atoms with Gasteiger partial charge in [0, 0.05) is 13.0 Å². The number of carbonyl (C=O) groups excluding carboxylic acids is 1. The Hall–Kier alpha value is -2.12. The number of ether oxygens (including phenoxy) is 1. The van der Waals surface area contributed by atoms with E-state index in [0.717, 1.165) is 18.2 Å². The first-order valence-electron chi connectivity index (χ1n) is 6.36. The second kappa shape index (κ2) is 7.94. The third kappa shape index (κ3) is 6.25. The molecule has 0 saturated carbocycles. The first kappa shape index (κ1) is 18.9. The maximum Gasteiger partial charge on any atom is 0.416 e. The molecule has 1 rings (SSSR count). The monoisotopic (exact) mass is 350 g/mol. The van der Waals surface area contributed by atoms with Crippen LogP contribution >= 0.6 is 0 Å². The standard InChI is InChI=1S/C13H13F3N2O4S/c14-13(15,16)10-3-1-4-11(9-10)23(20,21)18-7-2-5-12(19)22-8-6-17/h1,3-4,9,18H,2,5,7-8H2. The Morgan fingerprint density at radius 2 is 2.04 bits per heavy atom. The zero-order chi connectivity index (χ0) is 17.5. The Labute approximate surface area is 130 Å². The van der Waals surface area contributed by atoms with Crippen molar-refractivity contribution in [3.8, 4) is 6.07 Å². The van der Waals surface area contributed by atoms with Gasteiger partial charge in [-0.1, -0.05) is 6.07 Å². The lowest BCUT2D eigenvalue weighted by Crippen LogP contribution is -2.25. The highest BCUT2D eigenvalue weighted by Crippen LogP contribution is 2.30. The van der Waals surface area contributed by atoms with Crippen LogP contribution in [-0.2, 0) is 25.7 Å². The van der Waals surface area contributed by atoms with Crippen molar-refractivity contribution in [2.45, 2.75) is 23.9 Å². The molecule has 0 fully saturated rings. The molecule has 0 atom stereocenters. The maximum atomic E-state index is 12.6. The lowest BCUT2D eigenvalue weighted by molar-refractivity contribution is -0.142. The molecule has 0 saturated heterocycles. The minimum Gasteiger partial charge on any atom is -0.450 e. The van der Waals surface area contributed by atoms with Crippen LogP contribution in [0.3, 0.4) is 0 Å². The van der Waals surface area contributed by atoms with E-state index < -0.39 is 39.2 Å². The Morgan fingerprint density at radius 3 is 2.65 bits per heavy atom. The van der Waals surface area contributed by atoms with E-state index in [9.17, 15) is 26.4 Å². The third-order valence-electron chi connectivity index (χ3n) is 2.62. The number of hydrogen-bond acceptors (Lipinski definition) is 5. The van der Waals surface area contributed by atoms with Gasteiger partial charge in [-0.25, -0.2) is 13.1 Å².